The lowest BCUT2D eigenvalue weighted by atomic mass is 9.87. The highest BCUT2D eigenvalue weighted by molar-refractivity contribution is 6.05. The van der Waals surface area contributed by atoms with Crippen molar-refractivity contribution in [3.63, 3.8) is 0 Å². The fraction of sp³-hybridized carbons (Fsp3) is 0.476. The number of carbonyl (C=O) groups excluding carboxylic acids is 1. The first-order valence-electron chi connectivity index (χ1n) is 9.99. The van der Waals surface area contributed by atoms with Crippen LogP contribution in [0.4, 0.5) is 4.79 Å². The first kappa shape index (κ1) is 17.4. The van der Waals surface area contributed by atoms with E-state index in [0.717, 1.165) is 42.5 Å². The molecule has 7 nitrogen and oxygen atoms in total. The Kier molecular flexibility index (Phi) is 4.01. The normalized spacial score (nSPS) is 23.8. The number of hydrogen-bond acceptors (Lipinski definition) is 4. The maximum atomic E-state index is 12.8. The van der Waals surface area contributed by atoms with Crippen LogP contribution in [0.3, 0.4) is 0 Å². The standard InChI is InChI=1S/C21H25N5O2/c1-21(28)6-11-26(13-21)20(27)25-9-4-14(5-10-25)15-2-7-22-17-12-24-19-16(18(15)17)3-8-23-19/h2-3,7-8,12,14,22,28H,4-6,9-11,13H2,1H3. The molecule has 3 aromatic rings. The van der Waals surface area contributed by atoms with Gasteiger partial charge in [-0.25, -0.2) is 14.8 Å². The minimum atomic E-state index is -0.750. The van der Waals surface area contributed by atoms with Gasteiger partial charge in [-0.15, -0.1) is 0 Å². The van der Waals surface area contributed by atoms with Gasteiger partial charge in [0.15, 0.2) is 5.65 Å². The van der Waals surface area contributed by atoms with Crippen LogP contribution in [0.15, 0.2) is 30.7 Å². The van der Waals surface area contributed by atoms with E-state index in [9.17, 15) is 9.90 Å². The molecule has 0 bridgehead atoms. The summed E-state index contributed by atoms with van der Waals surface area (Å²) >= 11 is 0. The number of rotatable bonds is 1. The molecule has 5 rings (SSSR count). The smallest absolute Gasteiger partial charge is 0.320 e. The molecule has 0 radical (unpaired) electrons. The summed E-state index contributed by atoms with van der Waals surface area (Å²) in [5.41, 5.74) is 2.36. The minimum Gasteiger partial charge on any atom is -0.388 e. The highest BCUT2D eigenvalue weighted by Crippen LogP contribution is 2.35. The summed E-state index contributed by atoms with van der Waals surface area (Å²) in [7, 11) is 0. The van der Waals surface area contributed by atoms with Gasteiger partial charge in [0.25, 0.3) is 0 Å². The monoisotopic (exact) mass is 379 g/mol. The third-order valence-electron chi connectivity index (χ3n) is 6.25. The number of β-amino-alcohol motifs (C(OH)–C–C–N with tert-alkyl or cyclic N) is 1. The van der Waals surface area contributed by atoms with Crippen molar-refractivity contribution in [2.45, 2.75) is 37.7 Å². The first-order valence-corrected chi connectivity index (χ1v) is 9.99. The minimum absolute atomic E-state index is 0.0642. The number of nitrogens with one attached hydrogen (secondary N) is 1. The first-order chi connectivity index (χ1) is 13.5. The summed E-state index contributed by atoms with van der Waals surface area (Å²) in [6.45, 7) is 4.36. The van der Waals surface area contributed by atoms with Gasteiger partial charge in [-0.3, -0.25) is 0 Å². The van der Waals surface area contributed by atoms with Crippen molar-refractivity contribution in [3.8, 4) is 0 Å². The molecular formula is C21H25N5O2. The number of aromatic amines is 1. The van der Waals surface area contributed by atoms with Gasteiger partial charge in [-0.1, -0.05) is 0 Å². The number of carbonyl (C=O) groups is 1. The molecule has 0 aromatic carbocycles. The molecule has 0 spiro atoms. The van der Waals surface area contributed by atoms with Crippen molar-refractivity contribution in [2.75, 3.05) is 26.2 Å². The maximum Gasteiger partial charge on any atom is 0.320 e. The molecule has 1 unspecified atom stereocenters. The van der Waals surface area contributed by atoms with Crippen LogP contribution in [0.2, 0.25) is 0 Å². The summed E-state index contributed by atoms with van der Waals surface area (Å²) in [5, 5.41) is 12.4. The molecule has 0 saturated carbocycles. The third-order valence-corrected chi connectivity index (χ3v) is 6.25. The third kappa shape index (κ3) is 2.90. The van der Waals surface area contributed by atoms with Crippen LogP contribution in [-0.2, 0) is 0 Å². The van der Waals surface area contributed by atoms with E-state index in [0.29, 0.717) is 25.4 Å². The Morgan fingerprint density at radius 1 is 1.21 bits per heavy atom. The second-order valence-corrected chi connectivity index (χ2v) is 8.37. The number of fused-ring (bicyclic) bond motifs is 3. The fourth-order valence-corrected chi connectivity index (χ4v) is 4.72. The lowest BCUT2D eigenvalue weighted by Gasteiger charge is -2.35. The number of nitrogens with zero attached hydrogens (tertiary/aromatic N) is 4. The van der Waals surface area contributed by atoms with Crippen LogP contribution in [-0.4, -0.2) is 67.7 Å². The number of likely N-dealkylation sites (tertiary alicyclic amines) is 2. The Morgan fingerprint density at radius 2 is 2.04 bits per heavy atom. The van der Waals surface area contributed by atoms with Crippen molar-refractivity contribution in [1.82, 2.24) is 24.8 Å². The Labute approximate surface area is 163 Å². The molecule has 2 aliphatic rings. The fourth-order valence-electron chi connectivity index (χ4n) is 4.72. The van der Waals surface area contributed by atoms with Gasteiger partial charge in [0.05, 0.1) is 23.9 Å². The lowest BCUT2D eigenvalue weighted by Crippen LogP contribution is -2.46. The molecule has 1 atom stereocenters. The van der Waals surface area contributed by atoms with Crippen molar-refractivity contribution in [3.05, 3.63) is 36.3 Å². The van der Waals surface area contributed by atoms with Crippen LogP contribution < -0.4 is 0 Å². The van der Waals surface area contributed by atoms with E-state index in [1.165, 1.54) is 10.9 Å². The Morgan fingerprint density at radius 3 is 2.79 bits per heavy atom. The summed E-state index contributed by atoms with van der Waals surface area (Å²) in [6.07, 6.45) is 8.16. The molecule has 7 heteroatoms. The maximum absolute atomic E-state index is 12.8. The number of hydrogen-bond donors (Lipinski definition) is 2. The van der Waals surface area contributed by atoms with E-state index in [1.807, 2.05) is 23.4 Å². The SMILES string of the molecule is CC1(O)CCN(C(=O)N2CCC(c3cc[nH]c4cnc5nccc5c34)CC2)C1. The summed E-state index contributed by atoms with van der Waals surface area (Å²) in [6, 6.07) is 4.25. The van der Waals surface area contributed by atoms with Gasteiger partial charge in [0, 0.05) is 42.8 Å². The summed E-state index contributed by atoms with van der Waals surface area (Å²) in [5.74, 6) is 0.406. The number of urea groups is 1. The topological polar surface area (TPSA) is 85.4 Å². The van der Waals surface area contributed by atoms with E-state index < -0.39 is 5.60 Å². The van der Waals surface area contributed by atoms with E-state index in [4.69, 9.17) is 0 Å². The molecule has 146 valence electrons. The predicted molar refractivity (Wildman–Crippen MR) is 107 cm³/mol. The van der Waals surface area contributed by atoms with E-state index in [1.54, 1.807) is 18.0 Å². The zero-order valence-corrected chi connectivity index (χ0v) is 16.1. The van der Waals surface area contributed by atoms with Gasteiger partial charge in [-0.05, 0) is 49.8 Å². The van der Waals surface area contributed by atoms with E-state index in [2.05, 4.69) is 21.0 Å². The van der Waals surface area contributed by atoms with Crippen LogP contribution in [0.1, 0.15) is 37.7 Å². The molecule has 0 aliphatic carbocycles. The van der Waals surface area contributed by atoms with Crippen LogP contribution in [0.25, 0.3) is 21.9 Å². The number of aromatic nitrogens is 3. The predicted octanol–water partition coefficient (Wildman–Crippen LogP) is 2.87. The Bertz CT molecular complexity index is 1040. The Hall–Kier alpha value is -2.67. The van der Waals surface area contributed by atoms with Gasteiger partial charge in [0.2, 0.25) is 0 Å². The van der Waals surface area contributed by atoms with Gasteiger partial charge < -0.3 is 19.9 Å². The zero-order chi connectivity index (χ0) is 19.3. The van der Waals surface area contributed by atoms with Gasteiger partial charge in [0.1, 0.15) is 0 Å². The van der Waals surface area contributed by atoms with Crippen LogP contribution in [0, 0.1) is 0 Å². The molecule has 28 heavy (non-hydrogen) atoms. The zero-order valence-electron chi connectivity index (χ0n) is 16.1. The number of H-pyrrole nitrogens is 1. The van der Waals surface area contributed by atoms with Crippen molar-refractivity contribution >= 4 is 28.0 Å². The van der Waals surface area contributed by atoms with E-state index in [-0.39, 0.29) is 6.03 Å². The number of pyridine rings is 2. The lowest BCUT2D eigenvalue weighted by molar-refractivity contribution is 0.0678. The summed E-state index contributed by atoms with van der Waals surface area (Å²) in [4.78, 5) is 28.6. The average molecular weight is 379 g/mol. The highest BCUT2D eigenvalue weighted by Gasteiger charge is 2.36. The Balaban J connectivity index is 1.36. The molecule has 3 aromatic heterocycles. The van der Waals surface area contributed by atoms with Crippen LogP contribution >= 0.6 is 0 Å². The van der Waals surface area contributed by atoms with Crippen LogP contribution in [0.5, 0.6) is 0 Å². The number of piperidine rings is 1. The quantitative estimate of drug-likeness (QED) is 0.681. The molecule has 2 amide bonds. The summed E-state index contributed by atoms with van der Waals surface area (Å²) < 4.78 is 0. The molecule has 2 saturated heterocycles. The average Bonchev–Trinajstić information content (AvgIpc) is 3.33. The second kappa shape index (κ2) is 6.44. The molecule has 2 aliphatic heterocycles. The molecule has 2 fully saturated rings. The van der Waals surface area contributed by atoms with E-state index >= 15 is 0 Å². The van der Waals surface area contributed by atoms with Crippen molar-refractivity contribution < 1.29 is 9.90 Å². The van der Waals surface area contributed by atoms with Crippen molar-refractivity contribution in [1.29, 1.82) is 0 Å². The molecular weight excluding hydrogens is 354 g/mol. The number of amides is 2. The molecule has 5 heterocycles. The largest absolute Gasteiger partial charge is 0.388 e. The number of aliphatic hydroxyl groups is 1. The van der Waals surface area contributed by atoms with Gasteiger partial charge in [-0.2, -0.15) is 0 Å². The second-order valence-electron chi connectivity index (χ2n) is 8.37. The van der Waals surface area contributed by atoms with Crippen molar-refractivity contribution in [2.24, 2.45) is 0 Å². The molecule has 2 N–H and O–H groups in total. The highest BCUT2D eigenvalue weighted by atomic mass is 16.3. The van der Waals surface area contributed by atoms with Gasteiger partial charge >= 0.3 is 6.03 Å².